The van der Waals surface area contributed by atoms with Gasteiger partial charge in [-0.05, 0) is 66.7 Å². The maximum atomic E-state index is 15.0. The zero-order chi connectivity index (χ0) is 43.4. The van der Waals surface area contributed by atoms with Gasteiger partial charge < -0.3 is 35.1 Å². The van der Waals surface area contributed by atoms with E-state index in [4.69, 9.17) is 14.2 Å². The zero-order valence-electron chi connectivity index (χ0n) is 35.4. The SMILES string of the molecule is CCC[C@H](NC(=O)C1C[C@@H](OC(=O)N2Cc3cc4c(cc3C2)OCO4)CN1C(=O)[C@@H](CC(=O)[C@@H](NC(=O)c1cnccn1)C1CCCCC1)C(C)(C)C)C(=O)C(=O)NC1CC1. The first kappa shape index (κ1) is 43.5. The molecule has 1 saturated heterocycles. The summed E-state index contributed by atoms with van der Waals surface area (Å²) in [6, 6.07) is 0.408. The van der Waals surface area contributed by atoms with Crippen LogP contribution < -0.4 is 25.4 Å². The minimum absolute atomic E-state index is 0.0612. The van der Waals surface area contributed by atoms with Gasteiger partial charge in [0.2, 0.25) is 24.4 Å². The summed E-state index contributed by atoms with van der Waals surface area (Å²) < 4.78 is 17.0. The summed E-state index contributed by atoms with van der Waals surface area (Å²) >= 11 is 0. The molecule has 3 fully saturated rings. The fourth-order valence-electron chi connectivity index (χ4n) is 8.83. The van der Waals surface area contributed by atoms with Crippen molar-refractivity contribution in [3.63, 3.8) is 0 Å². The highest BCUT2D eigenvalue weighted by molar-refractivity contribution is 6.38. The monoisotopic (exact) mass is 843 g/mol. The summed E-state index contributed by atoms with van der Waals surface area (Å²) in [6.07, 6.45) is 8.86. The van der Waals surface area contributed by atoms with Crippen LogP contribution in [0.4, 0.5) is 4.79 Å². The molecule has 17 nitrogen and oxygen atoms in total. The molecule has 4 heterocycles. The Kier molecular flexibility index (Phi) is 13.2. The fourth-order valence-corrected chi connectivity index (χ4v) is 8.83. The largest absolute Gasteiger partial charge is 0.454 e. The second-order valence-electron chi connectivity index (χ2n) is 18.1. The van der Waals surface area contributed by atoms with Crippen molar-refractivity contribution in [2.45, 2.75) is 142 Å². The molecule has 5 aliphatic rings. The van der Waals surface area contributed by atoms with Crippen LogP contribution in [-0.2, 0) is 41.8 Å². The third-order valence-corrected chi connectivity index (χ3v) is 12.4. The summed E-state index contributed by atoms with van der Waals surface area (Å²) in [7, 11) is 0. The Morgan fingerprint density at radius 1 is 0.918 bits per heavy atom. The average Bonchev–Trinajstić information content (AvgIpc) is 3.56. The Labute approximate surface area is 355 Å². The number of aromatic nitrogens is 2. The van der Waals surface area contributed by atoms with Crippen molar-refractivity contribution in [2.75, 3.05) is 13.3 Å². The lowest BCUT2D eigenvalue weighted by molar-refractivity contribution is -0.147. The average molecular weight is 844 g/mol. The first-order chi connectivity index (χ1) is 29.2. The lowest BCUT2D eigenvalue weighted by Crippen LogP contribution is -2.55. The molecule has 17 heteroatoms. The van der Waals surface area contributed by atoms with Crippen LogP contribution in [0.25, 0.3) is 0 Å². The number of carbonyl (C=O) groups excluding carboxylic acids is 7. The third-order valence-electron chi connectivity index (χ3n) is 12.4. The fraction of sp³-hybridized carbons (Fsp3) is 0.614. The molecule has 328 valence electrons. The number of fused-ring (bicyclic) bond motifs is 2. The molecule has 2 saturated carbocycles. The first-order valence-corrected chi connectivity index (χ1v) is 21.6. The van der Waals surface area contributed by atoms with Gasteiger partial charge in [-0.2, -0.15) is 0 Å². The number of Topliss-reactive ketones (excluding diaryl/α,β-unsaturated/α-hetero) is 2. The molecule has 7 rings (SSSR count). The number of rotatable bonds is 15. The van der Waals surface area contributed by atoms with Gasteiger partial charge in [-0.1, -0.05) is 53.4 Å². The molecular weight excluding hydrogens is 787 g/mol. The second kappa shape index (κ2) is 18.6. The molecule has 2 aliphatic carbocycles. The molecule has 1 aromatic heterocycles. The van der Waals surface area contributed by atoms with E-state index >= 15 is 0 Å². The van der Waals surface area contributed by atoms with E-state index in [2.05, 4.69) is 25.9 Å². The zero-order valence-corrected chi connectivity index (χ0v) is 35.4. The molecule has 0 bridgehead atoms. The molecule has 1 unspecified atom stereocenters. The third kappa shape index (κ3) is 10.3. The van der Waals surface area contributed by atoms with Gasteiger partial charge in [0.25, 0.3) is 11.8 Å². The number of nitrogens with one attached hydrogen (secondary N) is 3. The van der Waals surface area contributed by atoms with E-state index in [0.717, 1.165) is 56.1 Å². The first-order valence-electron chi connectivity index (χ1n) is 21.6. The van der Waals surface area contributed by atoms with Gasteiger partial charge in [0, 0.05) is 50.3 Å². The van der Waals surface area contributed by atoms with Crippen LogP contribution in [0.5, 0.6) is 11.5 Å². The predicted octanol–water partition coefficient (Wildman–Crippen LogP) is 3.76. The van der Waals surface area contributed by atoms with Crippen LogP contribution in [0, 0.1) is 17.3 Å². The standard InChI is InChI=1S/C44H57N7O10/c1-5-9-31(38(53)41(56)47-28-12-13-28)48-40(55)33-18-29(61-43(58)50-21-26-16-35-36(60-24-59-35)17-27(26)22-50)23-51(33)42(57)30(44(2,3)4)19-34(52)37(25-10-7-6-8-11-25)49-39(54)32-20-45-14-15-46-32/h14-17,20,25,28-31,33,37H,5-13,18-19,21-24H2,1-4H3,(H,47,56)(H,48,55)(H,49,54)/t29-,30-,31+,33?,37+/m1/s1. The molecule has 1 aromatic carbocycles. The van der Waals surface area contributed by atoms with Crippen molar-refractivity contribution in [2.24, 2.45) is 17.3 Å². The van der Waals surface area contributed by atoms with Gasteiger partial charge in [0.1, 0.15) is 17.8 Å². The van der Waals surface area contributed by atoms with Crippen molar-refractivity contribution in [3.8, 4) is 11.5 Å². The highest BCUT2D eigenvalue weighted by Crippen LogP contribution is 2.39. The molecule has 61 heavy (non-hydrogen) atoms. The highest BCUT2D eigenvalue weighted by atomic mass is 16.7. The number of amides is 5. The molecule has 3 N–H and O–H groups in total. The molecule has 0 radical (unpaired) electrons. The normalized spacial score (nSPS) is 21.2. The van der Waals surface area contributed by atoms with Gasteiger partial charge in [-0.25, -0.2) is 9.78 Å². The highest BCUT2D eigenvalue weighted by Gasteiger charge is 2.48. The van der Waals surface area contributed by atoms with Gasteiger partial charge in [0.05, 0.1) is 24.8 Å². The molecule has 0 spiro atoms. The Hall–Kier alpha value is -5.61. The molecule has 5 amide bonds. The number of hydrogen-bond donors (Lipinski definition) is 3. The minimum Gasteiger partial charge on any atom is -0.454 e. The van der Waals surface area contributed by atoms with Crippen molar-refractivity contribution in [3.05, 3.63) is 47.5 Å². The van der Waals surface area contributed by atoms with Crippen LogP contribution in [0.3, 0.4) is 0 Å². The van der Waals surface area contributed by atoms with E-state index in [1.165, 1.54) is 28.4 Å². The maximum absolute atomic E-state index is 15.0. The van der Waals surface area contributed by atoms with E-state index < -0.39 is 71.1 Å². The Morgan fingerprint density at radius 3 is 2.21 bits per heavy atom. The predicted molar refractivity (Wildman–Crippen MR) is 218 cm³/mol. The number of nitrogens with zero attached hydrogens (tertiary/aromatic N) is 4. The summed E-state index contributed by atoms with van der Waals surface area (Å²) in [5, 5.41) is 8.37. The van der Waals surface area contributed by atoms with E-state index in [-0.39, 0.29) is 69.1 Å². The second-order valence-corrected chi connectivity index (χ2v) is 18.1. The van der Waals surface area contributed by atoms with Gasteiger partial charge >= 0.3 is 6.09 Å². The summed E-state index contributed by atoms with van der Waals surface area (Å²) in [4.78, 5) is 108. The Balaban J connectivity index is 1.11. The smallest absolute Gasteiger partial charge is 0.410 e. The summed E-state index contributed by atoms with van der Waals surface area (Å²) in [5.41, 5.74) is 1.04. The molecule has 3 aliphatic heterocycles. The van der Waals surface area contributed by atoms with Gasteiger partial charge in [-0.15, -0.1) is 0 Å². The molecule has 2 aromatic rings. The quantitative estimate of drug-likeness (QED) is 0.219. The molecule has 5 atom stereocenters. The number of likely N-dealkylation sites (tertiary alicyclic amines) is 1. The van der Waals surface area contributed by atoms with E-state index in [1.807, 2.05) is 39.8 Å². The van der Waals surface area contributed by atoms with Crippen LogP contribution in [0.2, 0.25) is 0 Å². The van der Waals surface area contributed by atoms with Crippen LogP contribution >= 0.6 is 0 Å². The van der Waals surface area contributed by atoms with E-state index in [9.17, 15) is 33.6 Å². The summed E-state index contributed by atoms with van der Waals surface area (Å²) in [6.45, 7) is 7.85. The van der Waals surface area contributed by atoms with E-state index in [1.54, 1.807) is 0 Å². The Bertz CT molecular complexity index is 1980. The van der Waals surface area contributed by atoms with Gasteiger partial charge in [-0.3, -0.25) is 38.7 Å². The Morgan fingerprint density at radius 2 is 1.61 bits per heavy atom. The lowest BCUT2D eigenvalue weighted by Gasteiger charge is -2.36. The number of benzene rings is 1. The summed E-state index contributed by atoms with van der Waals surface area (Å²) in [5.74, 6) is -3.47. The number of ketones is 2. The van der Waals surface area contributed by atoms with Crippen molar-refractivity contribution >= 4 is 41.3 Å². The van der Waals surface area contributed by atoms with Crippen molar-refractivity contribution in [1.82, 2.24) is 35.7 Å². The number of hydrogen-bond acceptors (Lipinski definition) is 12. The topological polar surface area (TPSA) is 216 Å². The van der Waals surface area contributed by atoms with Crippen LogP contribution in [-0.4, -0.2) is 105 Å². The van der Waals surface area contributed by atoms with Crippen molar-refractivity contribution < 1.29 is 47.8 Å². The molecular formula is C44H57N7O10. The number of carbonyl (C=O) groups is 7. The minimum atomic E-state index is -1.19. The number of ether oxygens (including phenoxy) is 3. The van der Waals surface area contributed by atoms with Crippen molar-refractivity contribution in [1.29, 1.82) is 0 Å². The van der Waals surface area contributed by atoms with Crippen LogP contribution in [0.1, 0.15) is 120 Å². The van der Waals surface area contributed by atoms with Gasteiger partial charge in [0.15, 0.2) is 17.3 Å². The lowest BCUT2D eigenvalue weighted by atomic mass is 9.74. The van der Waals surface area contributed by atoms with E-state index in [0.29, 0.717) is 17.9 Å². The maximum Gasteiger partial charge on any atom is 0.410 e. The van der Waals surface area contributed by atoms with Crippen LogP contribution in [0.15, 0.2) is 30.7 Å².